The van der Waals surface area contributed by atoms with Crippen LogP contribution in [0.3, 0.4) is 0 Å². The first-order chi connectivity index (χ1) is 17.9. The van der Waals surface area contributed by atoms with Crippen LogP contribution < -0.4 is 4.74 Å². The number of hydrogen-bond donors (Lipinski definition) is 1. The minimum absolute atomic E-state index is 0.119. The summed E-state index contributed by atoms with van der Waals surface area (Å²) in [6, 6.07) is 4.72. The van der Waals surface area contributed by atoms with Crippen LogP contribution in [-0.2, 0) is 0 Å². The van der Waals surface area contributed by atoms with Gasteiger partial charge in [-0.3, -0.25) is 14.6 Å². The summed E-state index contributed by atoms with van der Waals surface area (Å²) < 4.78 is 6.31. The average molecular weight is 505 g/mol. The van der Waals surface area contributed by atoms with E-state index in [1.54, 1.807) is 53.6 Å². The number of ether oxygens (including phenoxy) is 1. The van der Waals surface area contributed by atoms with Crippen LogP contribution in [0.25, 0.3) is 0 Å². The van der Waals surface area contributed by atoms with E-state index in [1.165, 1.54) is 19.3 Å². The molecule has 2 aromatic heterocycles. The lowest BCUT2D eigenvalue weighted by atomic mass is 9.90. The Bertz CT molecular complexity index is 1150. The fourth-order valence-electron chi connectivity index (χ4n) is 4.89. The van der Waals surface area contributed by atoms with Crippen LogP contribution in [0.1, 0.15) is 72.2 Å². The van der Waals surface area contributed by atoms with Crippen molar-refractivity contribution in [3.63, 3.8) is 0 Å². The van der Waals surface area contributed by atoms with Gasteiger partial charge in [-0.25, -0.2) is 4.98 Å². The molecule has 37 heavy (non-hydrogen) atoms. The molecule has 0 saturated heterocycles. The van der Waals surface area contributed by atoms with Crippen molar-refractivity contribution in [3.05, 3.63) is 53.5 Å². The van der Waals surface area contributed by atoms with E-state index in [-0.39, 0.29) is 36.3 Å². The summed E-state index contributed by atoms with van der Waals surface area (Å²) in [6.07, 6.45) is 10.3. The van der Waals surface area contributed by atoms with Gasteiger partial charge in [-0.15, -0.1) is 0 Å². The fourth-order valence-corrected chi connectivity index (χ4v) is 4.89. The average Bonchev–Trinajstić information content (AvgIpc) is 2.94. The van der Waals surface area contributed by atoms with Crippen molar-refractivity contribution < 1.29 is 19.4 Å². The van der Waals surface area contributed by atoms with Gasteiger partial charge in [0.25, 0.3) is 11.8 Å². The van der Waals surface area contributed by atoms with E-state index in [9.17, 15) is 14.7 Å². The molecule has 3 atom stereocenters. The lowest BCUT2D eigenvalue weighted by molar-refractivity contribution is 0.0313. The van der Waals surface area contributed by atoms with Crippen LogP contribution in [-0.4, -0.2) is 75.6 Å². The molecule has 2 aliphatic rings. The molecule has 1 fully saturated rings. The molecule has 196 valence electrons. The molecule has 1 N–H and O–H groups in total. The summed E-state index contributed by atoms with van der Waals surface area (Å²) in [6.45, 7) is 4.33. The van der Waals surface area contributed by atoms with Gasteiger partial charge in [-0.2, -0.15) is 0 Å². The number of hydrogen-bond acceptors (Lipinski definition) is 6. The number of nitrogens with zero attached hydrogens (tertiary/aromatic N) is 4. The highest BCUT2D eigenvalue weighted by atomic mass is 16.5. The monoisotopic (exact) mass is 504 g/mol. The van der Waals surface area contributed by atoms with Crippen LogP contribution in [0.2, 0.25) is 0 Å². The molecule has 0 spiro atoms. The molecule has 2 aromatic rings. The quantitative estimate of drug-likeness (QED) is 0.627. The first-order valence-corrected chi connectivity index (χ1v) is 13.1. The number of aliphatic hydroxyl groups is 1. The van der Waals surface area contributed by atoms with Gasteiger partial charge in [0.2, 0.25) is 5.88 Å². The first kappa shape index (κ1) is 26.6. The van der Waals surface area contributed by atoms with Gasteiger partial charge in [-0.1, -0.05) is 38.0 Å². The number of rotatable bonds is 5. The third-order valence-electron chi connectivity index (χ3n) is 7.27. The zero-order chi connectivity index (χ0) is 26.4. The van der Waals surface area contributed by atoms with Crippen molar-refractivity contribution in [2.75, 3.05) is 26.7 Å². The summed E-state index contributed by atoms with van der Waals surface area (Å²) in [4.78, 5) is 38.3. The Balaban J connectivity index is 1.62. The van der Waals surface area contributed by atoms with Gasteiger partial charge in [0.05, 0.1) is 19.2 Å². The van der Waals surface area contributed by atoms with Gasteiger partial charge in [0, 0.05) is 55.1 Å². The van der Waals surface area contributed by atoms with Crippen molar-refractivity contribution in [2.45, 2.75) is 58.1 Å². The second kappa shape index (κ2) is 12.2. The maximum Gasteiger partial charge on any atom is 0.259 e. The van der Waals surface area contributed by atoms with Crippen LogP contribution in [0.5, 0.6) is 5.88 Å². The molecule has 3 heterocycles. The molecule has 1 aliphatic carbocycles. The predicted octanol–water partition coefficient (Wildman–Crippen LogP) is 3.40. The molecule has 0 aromatic carbocycles. The van der Waals surface area contributed by atoms with E-state index in [1.807, 2.05) is 13.8 Å². The Kier molecular flexibility index (Phi) is 8.78. The number of aliphatic hydroxyl groups excluding tert-OH is 1. The number of amides is 2. The Morgan fingerprint density at radius 1 is 1.27 bits per heavy atom. The van der Waals surface area contributed by atoms with Crippen LogP contribution >= 0.6 is 0 Å². The summed E-state index contributed by atoms with van der Waals surface area (Å²) in [7, 11) is 1.73. The third kappa shape index (κ3) is 6.47. The Morgan fingerprint density at radius 3 is 2.70 bits per heavy atom. The molecule has 8 heteroatoms. The lowest BCUT2D eigenvalue weighted by Crippen LogP contribution is -2.50. The fraction of sp³-hybridized carbons (Fsp3) is 0.517. The smallest absolute Gasteiger partial charge is 0.259 e. The number of likely N-dealkylation sites (N-methyl/N-ethyl adjacent to an activating group) is 1. The van der Waals surface area contributed by atoms with E-state index in [2.05, 4.69) is 21.8 Å². The Labute approximate surface area is 219 Å². The maximum absolute atomic E-state index is 13.6. The summed E-state index contributed by atoms with van der Waals surface area (Å²) >= 11 is 0. The Hall–Kier alpha value is -3.44. The number of fused-ring (bicyclic) bond motifs is 1. The van der Waals surface area contributed by atoms with E-state index in [4.69, 9.17) is 4.74 Å². The minimum atomic E-state index is -0.414. The van der Waals surface area contributed by atoms with Crippen molar-refractivity contribution in [1.29, 1.82) is 0 Å². The summed E-state index contributed by atoms with van der Waals surface area (Å²) in [5, 5.41) is 9.87. The Morgan fingerprint density at radius 2 is 2.00 bits per heavy atom. The highest BCUT2D eigenvalue weighted by molar-refractivity contribution is 5.97. The predicted molar refractivity (Wildman–Crippen MR) is 140 cm³/mol. The molecule has 8 nitrogen and oxygen atoms in total. The largest absolute Gasteiger partial charge is 0.472 e. The summed E-state index contributed by atoms with van der Waals surface area (Å²) in [5.41, 5.74) is 1.55. The van der Waals surface area contributed by atoms with Crippen molar-refractivity contribution in [3.8, 4) is 17.7 Å². The molecule has 1 saturated carbocycles. The molecule has 4 rings (SSSR count). The number of carbonyl (C=O) groups excluding carboxylic acids is 2. The molecule has 0 radical (unpaired) electrons. The van der Waals surface area contributed by atoms with Crippen LogP contribution in [0.15, 0.2) is 36.8 Å². The van der Waals surface area contributed by atoms with Crippen LogP contribution in [0.4, 0.5) is 0 Å². The van der Waals surface area contributed by atoms with Gasteiger partial charge >= 0.3 is 0 Å². The number of carbonyl (C=O) groups is 2. The second-order valence-corrected chi connectivity index (χ2v) is 10.2. The normalized spacial score (nSPS) is 21.0. The molecule has 2 amide bonds. The highest BCUT2D eigenvalue weighted by Crippen LogP contribution is 2.28. The molecule has 0 bridgehead atoms. The second-order valence-electron chi connectivity index (χ2n) is 10.2. The van der Waals surface area contributed by atoms with Crippen LogP contribution in [0, 0.1) is 23.7 Å². The van der Waals surface area contributed by atoms with Crippen molar-refractivity contribution in [2.24, 2.45) is 11.8 Å². The third-order valence-corrected chi connectivity index (χ3v) is 7.27. The first-order valence-electron chi connectivity index (χ1n) is 13.1. The highest BCUT2D eigenvalue weighted by Gasteiger charge is 2.34. The summed E-state index contributed by atoms with van der Waals surface area (Å²) in [5.74, 6) is 6.69. The van der Waals surface area contributed by atoms with E-state index in [0.717, 1.165) is 12.8 Å². The number of pyridine rings is 2. The molecular formula is C29H36N4O4. The van der Waals surface area contributed by atoms with Gasteiger partial charge in [-0.05, 0) is 38.0 Å². The van der Waals surface area contributed by atoms with Crippen molar-refractivity contribution >= 4 is 11.8 Å². The van der Waals surface area contributed by atoms with E-state index in [0.29, 0.717) is 35.7 Å². The standard InChI is InChI=1S/C29H36N4O4/c1-20-17-33(21(2)19-34)29(36)25-15-23(10-9-22-7-5-4-6-8-22)16-31-27(25)37-26(20)18-32(3)28(35)24-11-13-30-14-12-24/h11-16,20-22,26,34H,4-8,17-19H2,1-3H3/t20-,21-,26-/m0/s1. The lowest BCUT2D eigenvalue weighted by Gasteiger charge is -2.37. The van der Waals surface area contributed by atoms with E-state index >= 15 is 0 Å². The van der Waals surface area contributed by atoms with Crippen molar-refractivity contribution in [1.82, 2.24) is 19.8 Å². The van der Waals surface area contributed by atoms with Gasteiger partial charge in [0.15, 0.2) is 0 Å². The molecular weight excluding hydrogens is 468 g/mol. The number of aromatic nitrogens is 2. The zero-order valence-corrected chi connectivity index (χ0v) is 21.9. The topological polar surface area (TPSA) is 95.9 Å². The minimum Gasteiger partial charge on any atom is -0.472 e. The SMILES string of the molecule is C[C@H]1CN([C@@H](C)CO)C(=O)c2cc(C#CC3CCCCC3)cnc2O[C@H]1CN(C)C(=O)c1ccncc1. The van der Waals surface area contributed by atoms with Gasteiger partial charge < -0.3 is 19.6 Å². The maximum atomic E-state index is 13.6. The molecule has 0 unspecified atom stereocenters. The zero-order valence-electron chi connectivity index (χ0n) is 21.9. The van der Waals surface area contributed by atoms with Gasteiger partial charge in [0.1, 0.15) is 11.7 Å². The van der Waals surface area contributed by atoms with E-state index < -0.39 is 6.10 Å². The molecule has 1 aliphatic heterocycles.